The van der Waals surface area contributed by atoms with E-state index in [0.29, 0.717) is 12.2 Å². The quantitative estimate of drug-likeness (QED) is 0.697. The number of aromatic nitrogens is 1. The third-order valence-electron chi connectivity index (χ3n) is 1.68. The molecule has 1 rings (SSSR count). The van der Waals surface area contributed by atoms with Gasteiger partial charge in [-0.05, 0) is 19.4 Å². The van der Waals surface area contributed by atoms with Gasteiger partial charge in [0.1, 0.15) is 0 Å². The zero-order chi connectivity index (χ0) is 8.97. The zero-order valence-electron chi connectivity index (χ0n) is 7.39. The first-order chi connectivity index (χ1) is 5.79. The molecule has 0 atom stereocenters. The van der Waals surface area contributed by atoms with Gasteiger partial charge < -0.3 is 9.72 Å². The Kier molecular flexibility index (Phi) is 2.91. The lowest BCUT2D eigenvalue weighted by molar-refractivity contribution is 0.0525. The van der Waals surface area contributed by atoms with Crippen molar-refractivity contribution >= 4 is 5.97 Å². The SMILES string of the molecule is CCOC(=O)c1cc[nH]c1CC. The summed E-state index contributed by atoms with van der Waals surface area (Å²) < 4.78 is 4.87. The molecular weight excluding hydrogens is 154 g/mol. The summed E-state index contributed by atoms with van der Waals surface area (Å²) in [5.41, 5.74) is 1.59. The van der Waals surface area contributed by atoms with Crippen LogP contribution < -0.4 is 0 Å². The maximum absolute atomic E-state index is 11.2. The van der Waals surface area contributed by atoms with Gasteiger partial charge in [0.2, 0.25) is 0 Å². The highest BCUT2D eigenvalue weighted by atomic mass is 16.5. The van der Waals surface area contributed by atoms with Gasteiger partial charge in [-0.1, -0.05) is 6.92 Å². The van der Waals surface area contributed by atoms with Crippen molar-refractivity contribution in [3.63, 3.8) is 0 Å². The smallest absolute Gasteiger partial charge is 0.339 e. The highest BCUT2D eigenvalue weighted by Gasteiger charge is 2.11. The van der Waals surface area contributed by atoms with E-state index in [-0.39, 0.29) is 5.97 Å². The molecular formula is C9H13NO2. The highest BCUT2D eigenvalue weighted by Crippen LogP contribution is 2.08. The lowest BCUT2D eigenvalue weighted by Crippen LogP contribution is -2.05. The topological polar surface area (TPSA) is 42.1 Å². The van der Waals surface area contributed by atoms with Gasteiger partial charge in [0.15, 0.2) is 0 Å². The minimum atomic E-state index is -0.240. The van der Waals surface area contributed by atoms with Gasteiger partial charge in [-0.3, -0.25) is 0 Å². The predicted molar refractivity (Wildman–Crippen MR) is 46.1 cm³/mol. The van der Waals surface area contributed by atoms with E-state index in [9.17, 15) is 4.79 Å². The van der Waals surface area contributed by atoms with Crippen molar-refractivity contribution in [3.8, 4) is 0 Å². The van der Waals surface area contributed by atoms with Crippen LogP contribution >= 0.6 is 0 Å². The first kappa shape index (κ1) is 8.84. The number of hydrogen-bond donors (Lipinski definition) is 1. The number of nitrogens with one attached hydrogen (secondary N) is 1. The van der Waals surface area contributed by atoms with Crippen LogP contribution in [-0.2, 0) is 11.2 Å². The number of aryl methyl sites for hydroxylation is 1. The van der Waals surface area contributed by atoms with E-state index in [1.807, 2.05) is 6.92 Å². The van der Waals surface area contributed by atoms with Crippen LogP contribution in [-0.4, -0.2) is 17.6 Å². The Hall–Kier alpha value is -1.25. The zero-order valence-corrected chi connectivity index (χ0v) is 7.39. The third kappa shape index (κ3) is 1.67. The maximum atomic E-state index is 11.2. The summed E-state index contributed by atoms with van der Waals surface area (Å²) in [4.78, 5) is 14.2. The summed E-state index contributed by atoms with van der Waals surface area (Å²) >= 11 is 0. The van der Waals surface area contributed by atoms with Crippen molar-refractivity contribution in [2.24, 2.45) is 0 Å². The van der Waals surface area contributed by atoms with Gasteiger partial charge in [0.05, 0.1) is 12.2 Å². The number of hydrogen-bond acceptors (Lipinski definition) is 2. The minimum absolute atomic E-state index is 0.240. The average Bonchev–Trinajstić information content (AvgIpc) is 2.51. The van der Waals surface area contributed by atoms with Crippen molar-refractivity contribution in [2.45, 2.75) is 20.3 Å². The fourth-order valence-electron chi connectivity index (χ4n) is 1.10. The van der Waals surface area contributed by atoms with E-state index in [1.54, 1.807) is 19.2 Å². The molecule has 0 radical (unpaired) electrons. The van der Waals surface area contributed by atoms with E-state index in [0.717, 1.165) is 12.1 Å². The van der Waals surface area contributed by atoms with Gasteiger partial charge in [-0.15, -0.1) is 0 Å². The van der Waals surface area contributed by atoms with Gasteiger partial charge >= 0.3 is 5.97 Å². The van der Waals surface area contributed by atoms with Gasteiger partial charge in [-0.25, -0.2) is 4.79 Å². The Morgan fingerprint density at radius 3 is 2.92 bits per heavy atom. The van der Waals surface area contributed by atoms with Crippen molar-refractivity contribution < 1.29 is 9.53 Å². The molecule has 12 heavy (non-hydrogen) atoms. The molecule has 0 amide bonds. The van der Waals surface area contributed by atoms with Crippen molar-refractivity contribution in [1.82, 2.24) is 4.98 Å². The van der Waals surface area contributed by atoms with Crippen LogP contribution in [0.2, 0.25) is 0 Å². The molecule has 0 aromatic carbocycles. The lowest BCUT2D eigenvalue weighted by atomic mass is 10.2. The molecule has 0 aliphatic carbocycles. The third-order valence-corrected chi connectivity index (χ3v) is 1.68. The first-order valence-electron chi connectivity index (χ1n) is 4.13. The Labute approximate surface area is 71.7 Å². The van der Waals surface area contributed by atoms with E-state index in [1.165, 1.54) is 0 Å². The molecule has 3 heteroatoms. The predicted octanol–water partition coefficient (Wildman–Crippen LogP) is 1.75. The first-order valence-corrected chi connectivity index (χ1v) is 4.13. The number of esters is 1. The Morgan fingerprint density at radius 2 is 2.33 bits per heavy atom. The Bertz CT molecular complexity index is 265. The van der Waals surface area contributed by atoms with E-state index in [4.69, 9.17) is 4.74 Å². The Balaban J connectivity index is 2.79. The summed E-state index contributed by atoms with van der Waals surface area (Å²) in [5.74, 6) is -0.240. The number of rotatable bonds is 3. The van der Waals surface area contributed by atoms with Crippen molar-refractivity contribution in [3.05, 3.63) is 23.5 Å². The van der Waals surface area contributed by atoms with Crippen LogP contribution in [0.1, 0.15) is 29.9 Å². The van der Waals surface area contributed by atoms with E-state index in [2.05, 4.69) is 4.98 Å². The molecule has 1 N–H and O–H groups in total. The summed E-state index contributed by atoms with van der Waals surface area (Å²) in [6.45, 7) is 4.22. The van der Waals surface area contributed by atoms with Crippen LogP contribution in [0.25, 0.3) is 0 Å². The molecule has 1 aromatic heterocycles. The highest BCUT2D eigenvalue weighted by molar-refractivity contribution is 5.90. The van der Waals surface area contributed by atoms with Crippen molar-refractivity contribution in [1.29, 1.82) is 0 Å². The molecule has 0 fully saturated rings. The number of carbonyl (C=O) groups excluding carboxylic acids is 1. The molecule has 66 valence electrons. The molecule has 3 nitrogen and oxygen atoms in total. The molecule has 0 saturated carbocycles. The fraction of sp³-hybridized carbons (Fsp3) is 0.444. The van der Waals surface area contributed by atoms with Gasteiger partial charge in [0, 0.05) is 11.9 Å². The number of H-pyrrole nitrogens is 1. The van der Waals surface area contributed by atoms with Crippen LogP contribution in [0, 0.1) is 0 Å². The second-order valence-electron chi connectivity index (χ2n) is 2.44. The molecule has 0 aliphatic rings. The van der Waals surface area contributed by atoms with Crippen LogP contribution in [0.15, 0.2) is 12.3 Å². The summed E-state index contributed by atoms with van der Waals surface area (Å²) in [6.07, 6.45) is 2.58. The molecule has 0 spiro atoms. The summed E-state index contributed by atoms with van der Waals surface area (Å²) in [6, 6.07) is 1.75. The fourth-order valence-corrected chi connectivity index (χ4v) is 1.10. The lowest BCUT2D eigenvalue weighted by Gasteiger charge is -2.00. The molecule has 0 bridgehead atoms. The van der Waals surface area contributed by atoms with Gasteiger partial charge in [-0.2, -0.15) is 0 Å². The van der Waals surface area contributed by atoms with E-state index < -0.39 is 0 Å². The second-order valence-corrected chi connectivity index (χ2v) is 2.44. The maximum Gasteiger partial charge on any atom is 0.339 e. The normalized spacial score (nSPS) is 9.83. The molecule has 1 aromatic rings. The molecule has 0 aliphatic heterocycles. The van der Waals surface area contributed by atoms with Crippen LogP contribution in [0.5, 0.6) is 0 Å². The van der Waals surface area contributed by atoms with Crippen LogP contribution in [0.4, 0.5) is 0 Å². The number of carbonyl (C=O) groups is 1. The monoisotopic (exact) mass is 167 g/mol. The standard InChI is InChI=1S/C9H13NO2/c1-3-8-7(5-6-10-8)9(11)12-4-2/h5-6,10H,3-4H2,1-2H3. The van der Waals surface area contributed by atoms with Crippen molar-refractivity contribution in [2.75, 3.05) is 6.61 Å². The van der Waals surface area contributed by atoms with Crippen LogP contribution in [0.3, 0.4) is 0 Å². The second kappa shape index (κ2) is 3.95. The summed E-state index contributed by atoms with van der Waals surface area (Å²) in [5, 5.41) is 0. The number of aromatic amines is 1. The molecule has 1 heterocycles. The average molecular weight is 167 g/mol. The van der Waals surface area contributed by atoms with Gasteiger partial charge in [0.25, 0.3) is 0 Å². The van der Waals surface area contributed by atoms with E-state index >= 15 is 0 Å². The molecule has 0 unspecified atom stereocenters. The summed E-state index contributed by atoms with van der Waals surface area (Å²) in [7, 11) is 0. The molecule has 0 saturated heterocycles. The minimum Gasteiger partial charge on any atom is -0.462 e. The number of ether oxygens (including phenoxy) is 1. The largest absolute Gasteiger partial charge is 0.462 e. The Morgan fingerprint density at radius 1 is 1.58 bits per heavy atom.